The van der Waals surface area contributed by atoms with Crippen molar-refractivity contribution in [3.05, 3.63) is 58.7 Å². The zero-order chi connectivity index (χ0) is 21.2. The van der Waals surface area contributed by atoms with Gasteiger partial charge in [0.05, 0.1) is 5.69 Å². The number of aromatic nitrogens is 1. The number of pyridine rings is 1. The molecule has 1 aromatic rings. The summed E-state index contributed by atoms with van der Waals surface area (Å²) in [6.07, 6.45) is 9.65. The van der Waals surface area contributed by atoms with E-state index in [1.54, 1.807) is 19.5 Å². The van der Waals surface area contributed by atoms with Crippen LogP contribution in [0.1, 0.15) is 37.1 Å². The second-order valence-corrected chi connectivity index (χ2v) is 7.62. The van der Waals surface area contributed by atoms with Crippen molar-refractivity contribution >= 4 is 6.21 Å². The van der Waals surface area contributed by atoms with Gasteiger partial charge >= 0.3 is 0 Å². The molecule has 0 saturated carbocycles. The Morgan fingerprint density at radius 2 is 2.07 bits per heavy atom. The molecule has 1 aliphatic rings. The fourth-order valence-corrected chi connectivity index (χ4v) is 3.38. The van der Waals surface area contributed by atoms with Crippen LogP contribution >= 0.6 is 0 Å². The maximum absolute atomic E-state index is 6.11. The van der Waals surface area contributed by atoms with Crippen LogP contribution < -0.4 is 15.8 Å². The van der Waals surface area contributed by atoms with E-state index in [4.69, 9.17) is 15.5 Å². The third kappa shape index (κ3) is 6.75. The van der Waals surface area contributed by atoms with Gasteiger partial charge in [-0.05, 0) is 75.3 Å². The predicted octanol–water partition coefficient (Wildman–Crippen LogP) is 3.17. The highest BCUT2D eigenvalue weighted by Gasteiger charge is 2.17. The normalized spacial score (nSPS) is 17.1. The van der Waals surface area contributed by atoms with Gasteiger partial charge in [-0.25, -0.2) is 0 Å². The number of hydrogen-bond donors (Lipinski definition) is 2. The van der Waals surface area contributed by atoms with Gasteiger partial charge in [-0.15, -0.1) is 0 Å². The second kappa shape index (κ2) is 11.4. The average Bonchev–Trinajstić information content (AvgIpc) is 2.72. The number of nitrogens with two attached hydrogens (primary N) is 1. The molecule has 2 rings (SSSR count). The number of allylic oxidation sites excluding steroid dienone is 3. The van der Waals surface area contributed by atoms with Gasteiger partial charge in [0.15, 0.2) is 0 Å². The topological polar surface area (TPSA) is 75.8 Å². The van der Waals surface area contributed by atoms with Gasteiger partial charge in [-0.2, -0.15) is 0 Å². The van der Waals surface area contributed by atoms with Gasteiger partial charge < -0.3 is 20.7 Å². The van der Waals surface area contributed by atoms with E-state index >= 15 is 0 Å². The maximum atomic E-state index is 6.11. The van der Waals surface area contributed by atoms with Crippen LogP contribution in [0, 0.1) is 6.92 Å². The lowest BCUT2D eigenvalue weighted by Crippen LogP contribution is -2.27. The van der Waals surface area contributed by atoms with Gasteiger partial charge in [-0.1, -0.05) is 0 Å². The number of aryl methyl sites for hydroxylation is 1. The lowest BCUT2D eigenvalue weighted by Gasteiger charge is -2.22. The van der Waals surface area contributed by atoms with Crippen LogP contribution in [0.15, 0.2) is 52.3 Å². The molecule has 0 aromatic carbocycles. The van der Waals surface area contributed by atoms with Crippen molar-refractivity contribution in [3.63, 3.8) is 0 Å². The summed E-state index contributed by atoms with van der Waals surface area (Å²) in [5.74, 6) is 1.36. The van der Waals surface area contributed by atoms with Crippen LogP contribution in [0.25, 0.3) is 0 Å². The van der Waals surface area contributed by atoms with Gasteiger partial charge in [0.2, 0.25) is 0 Å². The van der Waals surface area contributed by atoms with Crippen molar-refractivity contribution in [3.8, 4) is 5.75 Å². The molecule has 1 saturated heterocycles. The largest absolute Gasteiger partial charge is 0.487 e. The first-order chi connectivity index (χ1) is 14.0. The molecule has 29 heavy (non-hydrogen) atoms. The molecule has 0 radical (unpaired) electrons. The van der Waals surface area contributed by atoms with Crippen LogP contribution in [-0.4, -0.2) is 56.9 Å². The fourth-order valence-electron chi connectivity index (χ4n) is 3.38. The molecule has 3 N–H and O–H groups in total. The second-order valence-electron chi connectivity index (χ2n) is 7.62. The smallest absolute Gasteiger partial charge is 0.141 e. The molecule has 1 fully saturated rings. The first kappa shape index (κ1) is 22.7. The van der Waals surface area contributed by atoms with Crippen LogP contribution in [0.4, 0.5) is 0 Å². The average molecular weight is 398 g/mol. The summed E-state index contributed by atoms with van der Waals surface area (Å²) >= 11 is 0. The number of aliphatic imine (C=N–C) groups is 1. The molecule has 6 heteroatoms. The summed E-state index contributed by atoms with van der Waals surface area (Å²) in [4.78, 5) is 10.9. The van der Waals surface area contributed by atoms with E-state index in [1.165, 1.54) is 5.69 Å². The molecule has 0 atom stereocenters. The third-order valence-electron chi connectivity index (χ3n) is 5.02. The molecule has 0 spiro atoms. The molecule has 1 aromatic heterocycles. The quantitative estimate of drug-likeness (QED) is 0.520. The number of nitrogens with one attached hydrogen (secondary N) is 1. The Bertz CT molecular complexity index is 786. The van der Waals surface area contributed by atoms with E-state index in [-0.39, 0.29) is 0 Å². The number of nitrogens with zero attached hydrogens (tertiary/aromatic N) is 3. The Hall–Kier alpha value is -2.60. The molecule has 0 bridgehead atoms. The minimum atomic E-state index is 0.456. The molecule has 0 aliphatic carbocycles. The summed E-state index contributed by atoms with van der Waals surface area (Å²) in [5, 5.41) is 3.41. The predicted molar refractivity (Wildman–Crippen MR) is 122 cm³/mol. The number of ether oxygens (including phenoxy) is 1. The van der Waals surface area contributed by atoms with Crippen molar-refractivity contribution in [2.75, 3.05) is 40.8 Å². The first-order valence-corrected chi connectivity index (χ1v) is 10.2. The highest BCUT2D eigenvalue weighted by molar-refractivity contribution is 5.86. The van der Waals surface area contributed by atoms with Crippen molar-refractivity contribution in [2.24, 2.45) is 10.7 Å². The Labute approximate surface area is 175 Å². The third-order valence-corrected chi connectivity index (χ3v) is 5.02. The summed E-state index contributed by atoms with van der Waals surface area (Å²) in [6, 6.07) is 4.16. The van der Waals surface area contributed by atoms with Gasteiger partial charge in [0.1, 0.15) is 12.4 Å². The number of rotatable bonds is 8. The standard InChI is InChI=1S/C23H35N5O/c1-17(21(10-13-28(4)5)20(14-24)15-25-3)16-29-23-7-6-22(27-18(23)2)19-8-11-26-12-9-19/h6-7,10,13-15,19,26H,8-9,11-12,16,24H2,1-5H3/b13-10-,20-14+,21-17-,25-15?. The molecule has 6 nitrogen and oxygen atoms in total. The Balaban J connectivity index is 2.17. The summed E-state index contributed by atoms with van der Waals surface area (Å²) in [6.45, 7) is 6.65. The minimum Gasteiger partial charge on any atom is -0.487 e. The van der Waals surface area contributed by atoms with Gasteiger partial charge in [-0.3, -0.25) is 9.98 Å². The highest BCUT2D eigenvalue weighted by atomic mass is 16.5. The van der Waals surface area contributed by atoms with E-state index in [1.807, 2.05) is 38.2 Å². The first-order valence-electron chi connectivity index (χ1n) is 10.2. The van der Waals surface area contributed by atoms with Crippen molar-refractivity contribution in [2.45, 2.75) is 32.6 Å². The zero-order valence-electron chi connectivity index (χ0n) is 18.4. The summed E-state index contributed by atoms with van der Waals surface area (Å²) in [7, 11) is 5.71. The molecule has 158 valence electrons. The minimum absolute atomic E-state index is 0.456. The van der Waals surface area contributed by atoms with E-state index in [0.717, 1.165) is 54.1 Å². The molecule has 1 aliphatic heterocycles. The molecule has 0 unspecified atom stereocenters. The lowest BCUT2D eigenvalue weighted by molar-refractivity contribution is 0.346. The van der Waals surface area contributed by atoms with Crippen molar-refractivity contribution in [1.82, 2.24) is 15.2 Å². The Kier molecular flexibility index (Phi) is 8.93. The monoisotopic (exact) mass is 397 g/mol. The summed E-state index contributed by atoms with van der Waals surface area (Å²) < 4.78 is 6.11. The Morgan fingerprint density at radius 1 is 1.34 bits per heavy atom. The highest BCUT2D eigenvalue weighted by Crippen LogP contribution is 2.27. The van der Waals surface area contributed by atoms with E-state index in [9.17, 15) is 0 Å². The number of piperidine rings is 1. The summed E-state index contributed by atoms with van der Waals surface area (Å²) in [5.41, 5.74) is 10.9. The Morgan fingerprint density at radius 3 is 2.66 bits per heavy atom. The maximum Gasteiger partial charge on any atom is 0.141 e. The molecular weight excluding hydrogens is 362 g/mol. The molecular formula is C23H35N5O. The lowest BCUT2D eigenvalue weighted by atomic mass is 9.94. The van der Waals surface area contributed by atoms with Crippen molar-refractivity contribution < 1.29 is 4.74 Å². The van der Waals surface area contributed by atoms with Gasteiger partial charge in [0.25, 0.3) is 0 Å². The van der Waals surface area contributed by atoms with Crippen LogP contribution in [0.2, 0.25) is 0 Å². The number of hydrogen-bond acceptors (Lipinski definition) is 6. The van der Waals surface area contributed by atoms with Crippen molar-refractivity contribution in [1.29, 1.82) is 0 Å². The van der Waals surface area contributed by atoms with E-state index in [2.05, 4.69) is 29.4 Å². The van der Waals surface area contributed by atoms with Crippen LogP contribution in [0.3, 0.4) is 0 Å². The molecule has 2 heterocycles. The van der Waals surface area contributed by atoms with Crippen LogP contribution in [0.5, 0.6) is 5.75 Å². The fraction of sp³-hybridized carbons (Fsp3) is 0.478. The molecule has 0 amide bonds. The van der Waals surface area contributed by atoms with Crippen LogP contribution in [-0.2, 0) is 0 Å². The SMILES string of the molecule is CN=CC(=C\N)/C(/C=C\N(C)C)=C(/C)COc1ccc(C2CCNCC2)nc1C. The van der Waals surface area contributed by atoms with E-state index in [0.29, 0.717) is 12.5 Å². The van der Waals surface area contributed by atoms with Gasteiger partial charge in [0, 0.05) is 50.7 Å². The van der Waals surface area contributed by atoms with E-state index < -0.39 is 0 Å². The zero-order valence-corrected chi connectivity index (χ0v) is 18.4.